The third-order valence-electron chi connectivity index (χ3n) is 4.35. The van der Waals surface area contributed by atoms with Crippen molar-refractivity contribution in [2.75, 3.05) is 0 Å². The van der Waals surface area contributed by atoms with Gasteiger partial charge in [0.25, 0.3) is 0 Å². The SMILES string of the molecule is Cn1ccc2c(-c3ccc(F)cc3)nc(-n3cnc4cccnc43)nc21. The highest BCUT2D eigenvalue weighted by Crippen LogP contribution is 2.28. The quantitative estimate of drug-likeness (QED) is 0.492. The minimum atomic E-state index is -0.280. The summed E-state index contributed by atoms with van der Waals surface area (Å²) in [6.07, 6.45) is 5.30. The number of hydrogen-bond donors (Lipinski definition) is 0. The maximum atomic E-state index is 13.3. The Morgan fingerprint density at radius 2 is 1.77 bits per heavy atom. The van der Waals surface area contributed by atoms with Gasteiger partial charge in [-0.3, -0.25) is 4.57 Å². The highest BCUT2D eigenvalue weighted by Gasteiger charge is 2.15. The van der Waals surface area contributed by atoms with E-state index in [1.165, 1.54) is 12.1 Å². The number of imidazole rings is 1. The van der Waals surface area contributed by atoms with Crippen LogP contribution in [-0.4, -0.2) is 29.1 Å². The summed E-state index contributed by atoms with van der Waals surface area (Å²) in [5, 5.41) is 0.903. The van der Waals surface area contributed by atoms with Gasteiger partial charge in [-0.05, 0) is 42.5 Å². The molecular formula is C19H13FN6. The third-order valence-corrected chi connectivity index (χ3v) is 4.35. The second-order valence-corrected chi connectivity index (χ2v) is 6.00. The Kier molecular flexibility index (Phi) is 3.08. The molecule has 1 aromatic carbocycles. The lowest BCUT2D eigenvalue weighted by molar-refractivity contribution is 0.628. The van der Waals surface area contributed by atoms with Crippen LogP contribution in [0.15, 0.2) is 61.2 Å². The van der Waals surface area contributed by atoms with Crippen LogP contribution in [0.3, 0.4) is 0 Å². The van der Waals surface area contributed by atoms with Crippen molar-refractivity contribution in [2.24, 2.45) is 7.05 Å². The number of pyridine rings is 1. The van der Waals surface area contributed by atoms with Crippen LogP contribution >= 0.6 is 0 Å². The van der Waals surface area contributed by atoms with E-state index in [9.17, 15) is 4.39 Å². The molecule has 0 atom stereocenters. The average Bonchev–Trinajstić information content (AvgIpc) is 3.26. The van der Waals surface area contributed by atoms with Crippen molar-refractivity contribution in [3.8, 4) is 17.2 Å². The fourth-order valence-electron chi connectivity index (χ4n) is 3.06. The van der Waals surface area contributed by atoms with Crippen molar-refractivity contribution < 1.29 is 4.39 Å². The Hall–Kier alpha value is -3.61. The van der Waals surface area contributed by atoms with Crippen LogP contribution < -0.4 is 0 Å². The number of aromatic nitrogens is 6. The molecule has 7 heteroatoms. The molecule has 0 saturated carbocycles. The molecule has 0 aliphatic rings. The molecule has 4 heterocycles. The van der Waals surface area contributed by atoms with E-state index in [0.29, 0.717) is 11.6 Å². The normalized spacial score (nSPS) is 11.5. The van der Waals surface area contributed by atoms with Gasteiger partial charge >= 0.3 is 0 Å². The summed E-state index contributed by atoms with van der Waals surface area (Å²) in [5.41, 5.74) is 3.80. The fourth-order valence-corrected chi connectivity index (χ4v) is 3.06. The van der Waals surface area contributed by atoms with Gasteiger partial charge in [-0.25, -0.2) is 19.3 Å². The van der Waals surface area contributed by atoms with E-state index in [0.717, 1.165) is 27.8 Å². The van der Waals surface area contributed by atoms with E-state index in [1.807, 2.05) is 36.0 Å². The van der Waals surface area contributed by atoms with Gasteiger partial charge < -0.3 is 4.57 Å². The summed E-state index contributed by atoms with van der Waals surface area (Å²) in [6, 6.07) is 12.0. The molecule has 0 spiro atoms. The second-order valence-electron chi connectivity index (χ2n) is 6.00. The first kappa shape index (κ1) is 14.7. The van der Waals surface area contributed by atoms with Crippen LogP contribution in [0.5, 0.6) is 0 Å². The van der Waals surface area contributed by atoms with Gasteiger partial charge in [0.1, 0.15) is 23.3 Å². The molecule has 0 amide bonds. The summed E-state index contributed by atoms with van der Waals surface area (Å²) in [5.74, 6) is 0.192. The van der Waals surface area contributed by atoms with Crippen LogP contribution in [0.25, 0.3) is 39.4 Å². The minimum absolute atomic E-state index is 0.280. The molecule has 6 nitrogen and oxygen atoms in total. The van der Waals surface area contributed by atoms with Crippen LogP contribution in [0.1, 0.15) is 0 Å². The van der Waals surface area contributed by atoms with Gasteiger partial charge in [0.15, 0.2) is 5.65 Å². The van der Waals surface area contributed by atoms with Gasteiger partial charge in [0.2, 0.25) is 5.95 Å². The molecule has 0 N–H and O–H groups in total. The predicted molar refractivity (Wildman–Crippen MR) is 96.3 cm³/mol. The Morgan fingerprint density at radius 1 is 0.923 bits per heavy atom. The summed E-state index contributed by atoms with van der Waals surface area (Å²) in [4.78, 5) is 18.2. The van der Waals surface area contributed by atoms with Crippen LogP contribution in [0.2, 0.25) is 0 Å². The number of aryl methyl sites for hydroxylation is 1. The van der Waals surface area contributed by atoms with Crippen LogP contribution in [0.4, 0.5) is 4.39 Å². The molecule has 4 aromatic heterocycles. The maximum absolute atomic E-state index is 13.3. The first-order chi connectivity index (χ1) is 12.7. The first-order valence-electron chi connectivity index (χ1n) is 8.08. The Balaban J connectivity index is 1.81. The molecule has 5 rings (SSSR count). The van der Waals surface area contributed by atoms with Crippen molar-refractivity contribution in [2.45, 2.75) is 0 Å². The predicted octanol–water partition coefficient (Wildman–Crippen LogP) is 3.51. The smallest absolute Gasteiger partial charge is 0.239 e. The number of fused-ring (bicyclic) bond motifs is 2. The molecule has 0 unspecified atom stereocenters. The van der Waals surface area contributed by atoms with Crippen LogP contribution in [-0.2, 0) is 7.05 Å². The highest BCUT2D eigenvalue weighted by molar-refractivity contribution is 5.91. The zero-order valence-electron chi connectivity index (χ0n) is 13.8. The zero-order chi connectivity index (χ0) is 17.7. The van der Waals surface area contributed by atoms with Crippen molar-refractivity contribution in [3.05, 3.63) is 67.0 Å². The lowest BCUT2D eigenvalue weighted by Crippen LogP contribution is -2.04. The summed E-state index contributed by atoms with van der Waals surface area (Å²) < 4.78 is 17.0. The van der Waals surface area contributed by atoms with Gasteiger partial charge in [-0.2, -0.15) is 4.98 Å². The number of halogens is 1. The van der Waals surface area contributed by atoms with Gasteiger partial charge in [0.05, 0.1) is 5.69 Å². The molecular weight excluding hydrogens is 331 g/mol. The summed E-state index contributed by atoms with van der Waals surface area (Å²) in [7, 11) is 1.93. The second kappa shape index (κ2) is 5.45. The molecule has 5 aromatic rings. The molecule has 0 aliphatic heterocycles. The Labute approximate surface area is 147 Å². The van der Waals surface area contributed by atoms with Gasteiger partial charge in [0, 0.05) is 30.4 Å². The number of rotatable bonds is 2. The molecule has 0 radical (unpaired) electrons. The first-order valence-corrected chi connectivity index (χ1v) is 8.08. The van der Waals surface area contributed by atoms with Crippen LogP contribution in [0, 0.1) is 5.82 Å². The Bertz CT molecular complexity index is 1250. The highest BCUT2D eigenvalue weighted by atomic mass is 19.1. The number of benzene rings is 1. The molecule has 0 fully saturated rings. The van der Waals surface area contributed by atoms with Gasteiger partial charge in [-0.1, -0.05) is 0 Å². The largest absolute Gasteiger partial charge is 0.335 e. The van der Waals surface area contributed by atoms with E-state index in [-0.39, 0.29) is 5.82 Å². The molecule has 0 aliphatic carbocycles. The van der Waals surface area contributed by atoms with Gasteiger partial charge in [-0.15, -0.1) is 0 Å². The zero-order valence-corrected chi connectivity index (χ0v) is 13.8. The minimum Gasteiger partial charge on any atom is -0.335 e. The van der Waals surface area contributed by atoms with Crippen molar-refractivity contribution in [1.29, 1.82) is 0 Å². The molecule has 0 bridgehead atoms. The van der Waals surface area contributed by atoms with E-state index < -0.39 is 0 Å². The van der Waals surface area contributed by atoms with Crippen molar-refractivity contribution in [3.63, 3.8) is 0 Å². The van der Waals surface area contributed by atoms with Crippen molar-refractivity contribution in [1.82, 2.24) is 29.1 Å². The monoisotopic (exact) mass is 344 g/mol. The molecule has 126 valence electrons. The van der Waals surface area contributed by atoms with Crippen molar-refractivity contribution >= 4 is 22.2 Å². The topological polar surface area (TPSA) is 61.4 Å². The molecule has 0 saturated heterocycles. The number of nitrogens with zero attached hydrogens (tertiary/aromatic N) is 6. The lowest BCUT2D eigenvalue weighted by atomic mass is 10.1. The van der Waals surface area contributed by atoms with E-state index >= 15 is 0 Å². The standard InChI is InChI=1S/C19H13FN6/c1-25-10-8-14-16(12-4-6-13(20)7-5-12)23-19(24-17(14)25)26-11-22-15-3-2-9-21-18(15)26/h2-11H,1H3. The lowest BCUT2D eigenvalue weighted by Gasteiger charge is -2.08. The third kappa shape index (κ3) is 2.17. The molecule has 26 heavy (non-hydrogen) atoms. The summed E-state index contributed by atoms with van der Waals surface area (Å²) >= 11 is 0. The number of hydrogen-bond acceptors (Lipinski definition) is 4. The fraction of sp³-hybridized carbons (Fsp3) is 0.0526. The summed E-state index contributed by atoms with van der Waals surface area (Å²) in [6.45, 7) is 0. The average molecular weight is 344 g/mol. The Morgan fingerprint density at radius 3 is 2.62 bits per heavy atom. The van der Waals surface area contributed by atoms with E-state index in [4.69, 9.17) is 9.97 Å². The maximum Gasteiger partial charge on any atom is 0.239 e. The van der Waals surface area contributed by atoms with E-state index in [1.54, 1.807) is 29.2 Å². The van der Waals surface area contributed by atoms with E-state index in [2.05, 4.69) is 9.97 Å².